The molecule has 0 heterocycles. The van der Waals surface area contributed by atoms with Crippen molar-refractivity contribution in [2.75, 3.05) is 13.2 Å². The van der Waals surface area contributed by atoms with Crippen molar-refractivity contribution in [3.05, 3.63) is 35.6 Å². The van der Waals surface area contributed by atoms with Crippen molar-refractivity contribution in [3.8, 4) is 0 Å². The van der Waals surface area contributed by atoms with Crippen LogP contribution in [0.5, 0.6) is 0 Å². The summed E-state index contributed by atoms with van der Waals surface area (Å²) in [4.78, 5) is 0. The molecule has 1 saturated carbocycles. The molecular weight excluding hydrogens is 241 g/mol. The highest BCUT2D eigenvalue weighted by Gasteiger charge is 2.26. The molecule has 2 rings (SSSR count). The van der Waals surface area contributed by atoms with E-state index in [0.29, 0.717) is 18.4 Å². The summed E-state index contributed by atoms with van der Waals surface area (Å²) in [6.45, 7) is 3.39. The minimum atomic E-state index is -0.185. The summed E-state index contributed by atoms with van der Waals surface area (Å²) >= 11 is 0. The summed E-state index contributed by atoms with van der Waals surface area (Å²) in [5.41, 5.74) is 1.14. The molecule has 0 radical (unpaired) electrons. The van der Waals surface area contributed by atoms with Crippen LogP contribution in [0.15, 0.2) is 24.3 Å². The molecular formula is C16H24FNO. The Morgan fingerprint density at radius 1 is 1.26 bits per heavy atom. The van der Waals surface area contributed by atoms with Gasteiger partial charge in [0.05, 0.1) is 0 Å². The minimum Gasteiger partial charge on any atom is -0.396 e. The fraction of sp³-hybridized carbons (Fsp3) is 0.625. The number of halogens is 1. The van der Waals surface area contributed by atoms with Crippen molar-refractivity contribution in [2.45, 2.75) is 38.6 Å². The van der Waals surface area contributed by atoms with E-state index >= 15 is 0 Å². The van der Waals surface area contributed by atoms with Crippen LogP contribution in [-0.2, 0) is 0 Å². The molecule has 3 heteroatoms. The third kappa shape index (κ3) is 3.77. The molecule has 0 aromatic heterocycles. The number of benzene rings is 1. The Kier molecular flexibility index (Phi) is 5.34. The van der Waals surface area contributed by atoms with Crippen LogP contribution in [-0.4, -0.2) is 18.3 Å². The molecule has 3 atom stereocenters. The predicted octanol–water partition coefficient (Wildman–Crippen LogP) is 3.28. The van der Waals surface area contributed by atoms with Crippen molar-refractivity contribution >= 4 is 0 Å². The summed E-state index contributed by atoms with van der Waals surface area (Å²) in [6.07, 6.45) is 4.57. The zero-order valence-electron chi connectivity index (χ0n) is 11.6. The standard InChI is InChI=1S/C16H24FNO/c1-2-16(12-6-8-15(17)9-7-12)18-10-13-4-3-5-14(13)11-19/h6-9,13-14,16,18-19H,2-5,10-11H2,1H3. The van der Waals surface area contributed by atoms with Crippen LogP contribution in [0.4, 0.5) is 4.39 Å². The Morgan fingerprint density at radius 2 is 1.95 bits per heavy atom. The van der Waals surface area contributed by atoms with Crippen molar-refractivity contribution in [2.24, 2.45) is 11.8 Å². The first-order chi connectivity index (χ1) is 9.24. The van der Waals surface area contributed by atoms with Gasteiger partial charge in [0.25, 0.3) is 0 Å². The number of hydrogen-bond donors (Lipinski definition) is 2. The lowest BCUT2D eigenvalue weighted by atomic mass is 9.95. The van der Waals surface area contributed by atoms with Gasteiger partial charge in [-0.25, -0.2) is 4.39 Å². The molecule has 2 nitrogen and oxygen atoms in total. The van der Waals surface area contributed by atoms with E-state index in [1.54, 1.807) is 0 Å². The van der Waals surface area contributed by atoms with Gasteiger partial charge in [0.2, 0.25) is 0 Å². The van der Waals surface area contributed by atoms with Crippen molar-refractivity contribution in [3.63, 3.8) is 0 Å². The van der Waals surface area contributed by atoms with Crippen molar-refractivity contribution in [1.82, 2.24) is 5.32 Å². The van der Waals surface area contributed by atoms with Crippen LogP contribution in [0.25, 0.3) is 0 Å². The Morgan fingerprint density at radius 3 is 2.58 bits per heavy atom. The molecule has 3 unspecified atom stereocenters. The first-order valence-electron chi connectivity index (χ1n) is 7.34. The third-order valence-corrected chi connectivity index (χ3v) is 4.36. The first kappa shape index (κ1) is 14.5. The maximum absolute atomic E-state index is 12.9. The predicted molar refractivity (Wildman–Crippen MR) is 75.4 cm³/mol. The lowest BCUT2D eigenvalue weighted by Gasteiger charge is -2.23. The first-order valence-corrected chi connectivity index (χ1v) is 7.34. The van der Waals surface area contributed by atoms with Gasteiger partial charge in [-0.05, 0) is 55.3 Å². The Hall–Kier alpha value is -0.930. The quantitative estimate of drug-likeness (QED) is 0.827. The average Bonchev–Trinajstić information content (AvgIpc) is 2.89. The number of nitrogens with one attached hydrogen (secondary N) is 1. The summed E-state index contributed by atoms with van der Waals surface area (Å²) in [5.74, 6) is 0.854. The lowest BCUT2D eigenvalue weighted by Crippen LogP contribution is -2.29. The number of rotatable bonds is 6. The van der Waals surface area contributed by atoms with Gasteiger partial charge < -0.3 is 10.4 Å². The number of aliphatic hydroxyl groups is 1. The molecule has 2 N–H and O–H groups in total. The summed E-state index contributed by atoms with van der Waals surface area (Å²) in [7, 11) is 0. The Bertz CT molecular complexity index is 379. The summed E-state index contributed by atoms with van der Waals surface area (Å²) in [6, 6.07) is 7.03. The van der Waals surface area contributed by atoms with Crippen LogP contribution in [0.3, 0.4) is 0 Å². The lowest BCUT2D eigenvalue weighted by molar-refractivity contribution is 0.190. The molecule has 1 aliphatic carbocycles. The zero-order chi connectivity index (χ0) is 13.7. The normalized spacial score (nSPS) is 24.6. The molecule has 1 aromatic rings. The van der Waals surface area contributed by atoms with E-state index in [0.717, 1.165) is 24.9 Å². The van der Waals surface area contributed by atoms with Crippen LogP contribution in [0, 0.1) is 17.7 Å². The van der Waals surface area contributed by atoms with Gasteiger partial charge in [0.1, 0.15) is 5.82 Å². The van der Waals surface area contributed by atoms with Crippen LogP contribution in [0.2, 0.25) is 0 Å². The van der Waals surface area contributed by atoms with Gasteiger partial charge in [0.15, 0.2) is 0 Å². The summed E-state index contributed by atoms with van der Waals surface area (Å²) < 4.78 is 12.9. The van der Waals surface area contributed by atoms with Crippen LogP contribution >= 0.6 is 0 Å². The fourth-order valence-corrected chi connectivity index (χ4v) is 3.11. The van der Waals surface area contributed by atoms with Gasteiger partial charge in [-0.3, -0.25) is 0 Å². The zero-order valence-corrected chi connectivity index (χ0v) is 11.6. The molecule has 19 heavy (non-hydrogen) atoms. The summed E-state index contributed by atoms with van der Waals surface area (Å²) in [5, 5.41) is 12.9. The van der Waals surface area contributed by atoms with Gasteiger partial charge in [-0.2, -0.15) is 0 Å². The van der Waals surface area contributed by atoms with Crippen molar-refractivity contribution < 1.29 is 9.50 Å². The SMILES string of the molecule is CCC(NCC1CCCC1CO)c1ccc(F)cc1. The number of aliphatic hydroxyl groups excluding tert-OH is 1. The smallest absolute Gasteiger partial charge is 0.123 e. The largest absolute Gasteiger partial charge is 0.396 e. The second-order valence-corrected chi connectivity index (χ2v) is 5.55. The molecule has 1 aromatic carbocycles. The number of hydrogen-bond acceptors (Lipinski definition) is 2. The second-order valence-electron chi connectivity index (χ2n) is 5.55. The monoisotopic (exact) mass is 265 g/mol. The van der Waals surface area contributed by atoms with Crippen molar-refractivity contribution in [1.29, 1.82) is 0 Å². The topological polar surface area (TPSA) is 32.3 Å². The van der Waals surface area contributed by atoms with Gasteiger partial charge in [-0.15, -0.1) is 0 Å². The van der Waals surface area contributed by atoms with Crippen LogP contribution in [0.1, 0.15) is 44.2 Å². The molecule has 1 aliphatic rings. The van der Waals surface area contributed by atoms with E-state index < -0.39 is 0 Å². The average molecular weight is 265 g/mol. The minimum absolute atomic E-state index is 0.185. The molecule has 0 saturated heterocycles. The van der Waals surface area contributed by atoms with E-state index in [1.807, 2.05) is 12.1 Å². The van der Waals surface area contributed by atoms with E-state index in [4.69, 9.17) is 0 Å². The maximum Gasteiger partial charge on any atom is 0.123 e. The highest BCUT2D eigenvalue weighted by Crippen LogP contribution is 2.31. The molecule has 0 aliphatic heterocycles. The van der Waals surface area contributed by atoms with E-state index in [2.05, 4.69) is 12.2 Å². The maximum atomic E-state index is 12.9. The van der Waals surface area contributed by atoms with Crippen LogP contribution < -0.4 is 5.32 Å². The Balaban J connectivity index is 1.90. The highest BCUT2D eigenvalue weighted by molar-refractivity contribution is 5.19. The van der Waals surface area contributed by atoms with Gasteiger partial charge >= 0.3 is 0 Å². The fourth-order valence-electron chi connectivity index (χ4n) is 3.11. The molecule has 0 spiro atoms. The molecule has 0 amide bonds. The van der Waals surface area contributed by atoms with E-state index in [1.165, 1.54) is 25.0 Å². The third-order valence-electron chi connectivity index (χ3n) is 4.36. The van der Waals surface area contributed by atoms with E-state index in [-0.39, 0.29) is 11.9 Å². The Labute approximate surface area is 115 Å². The molecule has 0 bridgehead atoms. The highest BCUT2D eigenvalue weighted by atomic mass is 19.1. The molecule has 1 fully saturated rings. The van der Waals surface area contributed by atoms with Gasteiger partial charge in [0, 0.05) is 12.6 Å². The van der Waals surface area contributed by atoms with Gasteiger partial charge in [-0.1, -0.05) is 25.5 Å². The second kappa shape index (κ2) is 7.01. The molecule has 106 valence electrons. The van der Waals surface area contributed by atoms with E-state index in [9.17, 15) is 9.50 Å².